The molecule has 0 saturated carbocycles. The summed E-state index contributed by atoms with van der Waals surface area (Å²) in [6.07, 6.45) is 1.99. The molecule has 1 aliphatic heterocycles. The lowest BCUT2D eigenvalue weighted by Crippen LogP contribution is -2.48. The number of hydrogen-bond donors (Lipinski definition) is 2. The highest BCUT2D eigenvalue weighted by atomic mass is 32.2. The van der Waals surface area contributed by atoms with E-state index in [4.69, 9.17) is 4.74 Å². The van der Waals surface area contributed by atoms with Gasteiger partial charge in [0.05, 0.1) is 12.1 Å². The minimum atomic E-state index is -3.84. The van der Waals surface area contributed by atoms with Crippen LogP contribution in [0.1, 0.15) is 78.3 Å². The van der Waals surface area contributed by atoms with Crippen molar-refractivity contribution in [2.45, 2.75) is 83.5 Å². The lowest BCUT2D eigenvalue weighted by atomic mass is 9.74. The molecule has 0 bridgehead atoms. The fourth-order valence-electron chi connectivity index (χ4n) is 6.56. The van der Waals surface area contributed by atoms with Gasteiger partial charge in [0, 0.05) is 30.7 Å². The van der Waals surface area contributed by atoms with Gasteiger partial charge in [0.25, 0.3) is 5.91 Å². The van der Waals surface area contributed by atoms with Crippen molar-refractivity contribution < 1.29 is 17.9 Å². The molecule has 47 heavy (non-hydrogen) atoms. The smallest absolute Gasteiger partial charge is 0.272 e. The molecule has 3 aromatic carbocycles. The number of aromatic nitrogens is 5. The number of carbonyl (C=O) groups excluding carboxylic acids is 1. The number of amides is 1. The van der Waals surface area contributed by atoms with Crippen LogP contribution in [0.3, 0.4) is 0 Å². The Kier molecular flexibility index (Phi) is 8.66. The molecule has 1 unspecified atom stereocenters. The van der Waals surface area contributed by atoms with Crippen molar-refractivity contribution in [3.63, 3.8) is 0 Å². The van der Waals surface area contributed by atoms with E-state index >= 15 is 0 Å². The maximum atomic E-state index is 14.0. The minimum Gasteiger partial charge on any atom is -0.488 e. The third-order valence-corrected chi connectivity index (χ3v) is 11.0. The van der Waals surface area contributed by atoms with Crippen LogP contribution >= 0.6 is 0 Å². The number of fused-ring (bicyclic) bond motifs is 2. The number of aromatic amines is 1. The summed E-state index contributed by atoms with van der Waals surface area (Å²) in [4.78, 5) is 13.5. The number of ether oxygens (including phenoxy) is 1. The van der Waals surface area contributed by atoms with Crippen LogP contribution in [-0.4, -0.2) is 62.0 Å². The molecule has 0 saturated heterocycles. The van der Waals surface area contributed by atoms with Gasteiger partial charge in [-0.05, 0) is 93.1 Å². The Bertz CT molecular complexity index is 2040. The normalized spacial score (nSPS) is 17.1. The molecule has 0 fully saturated rings. The predicted molar refractivity (Wildman–Crippen MR) is 180 cm³/mol. The standard InChI is InChI=1S/C35H41N7O4S/c1-7-26-21-41(47(44,45)31-12-10-9-11-30(31)46-26)20-25-19-24(14-13-22(25)3)32(35(5,6)37-34(43)28-17-18-36-38-28)27-15-16-29-33(23(27)4)39-40-42(29)8-2/h9-19,26,32H,7-8,20-21H2,1-6H3,(H,36,38)(H,37,43)/t26-,32?/m1/s1. The summed E-state index contributed by atoms with van der Waals surface area (Å²) in [5, 5.41) is 18.9. The molecule has 1 amide bonds. The number of sulfonamides is 1. The number of aryl methyl sites for hydroxylation is 3. The van der Waals surface area contributed by atoms with Crippen LogP contribution in [0.2, 0.25) is 0 Å². The number of hydrogen-bond acceptors (Lipinski definition) is 7. The summed E-state index contributed by atoms with van der Waals surface area (Å²) in [5.41, 5.74) is 5.94. The van der Waals surface area contributed by atoms with Gasteiger partial charge >= 0.3 is 0 Å². The number of benzene rings is 3. The number of nitrogens with one attached hydrogen (secondary N) is 2. The number of H-pyrrole nitrogens is 1. The molecule has 6 rings (SSSR count). The quantitative estimate of drug-likeness (QED) is 0.214. The summed E-state index contributed by atoms with van der Waals surface area (Å²) in [5.74, 6) is -0.258. The Hall–Kier alpha value is -4.55. The van der Waals surface area contributed by atoms with E-state index in [1.807, 2.05) is 58.4 Å². The molecule has 3 heterocycles. The van der Waals surface area contributed by atoms with Crippen molar-refractivity contribution in [2.24, 2.45) is 0 Å². The highest BCUT2D eigenvalue weighted by Gasteiger charge is 2.38. The predicted octanol–water partition coefficient (Wildman–Crippen LogP) is 5.49. The van der Waals surface area contributed by atoms with Crippen molar-refractivity contribution in [1.29, 1.82) is 0 Å². The second-order valence-corrected chi connectivity index (χ2v) is 14.6. The van der Waals surface area contributed by atoms with Crippen LogP contribution < -0.4 is 10.1 Å². The van der Waals surface area contributed by atoms with E-state index in [-0.39, 0.29) is 35.9 Å². The van der Waals surface area contributed by atoms with Gasteiger partial charge in [0.15, 0.2) is 0 Å². The maximum absolute atomic E-state index is 14.0. The van der Waals surface area contributed by atoms with Crippen molar-refractivity contribution in [2.75, 3.05) is 6.54 Å². The Balaban J connectivity index is 1.45. The molecular formula is C35H41N7O4S. The maximum Gasteiger partial charge on any atom is 0.272 e. The largest absolute Gasteiger partial charge is 0.488 e. The van der Waals surface area contributed by atoms with E-state index in [1.165, 1.54) is 4.31 Å². The molecule has 11 nitrogen and oxygen atoms in total. The van der Waals surface area contributed by atoms with E-state index in [0.29, 0.717) is 24.4 Å². The lowest BCUT2D eigenvalue weighted by molar-refractivity contribution is 0.0900. The van der Waals surface area contributed by atoms with E-state index in [9.17, 15) is 13.2 Å². The van der Waals surface area contributed by atoms with Crippen molar-refractivity contribution in [3.8, 4) is 5.75 Å². The topological polar surface area (TPSA) is 135 Å². The van der Waals surface area contributed by atoms with Gasteiger partial charge in [-0.15, -0.1) is 5.10 Å². The zero-order valence-electron chi connectivity index (χ0n) is 27.6. The average Bonchev–Trinajstić information content (AvgIpc) is 3.72. The van der Waals surface area contributed by atoms with Crippen LogP contribution in [-0.2, 0) is 23.1 Å². The SMILES string of the molecule is CC[C@@H]1CN(Cc2cc(C(c3ccc4c(nnn4CC)c3C)C(C)(C)NC(=O)c3cc[nH]n3)ccc2C)S(=O)(=O)c2ccccc2O1. The summed E-state index contributed by atoms with van der Waals surface area (Å²) in [6, 6.07) is 18.7. The Morgan fingerprint density at radius 2 is 1.89 bits per heavy atom. The van der Waals surface area contributed by atoms with E-state index < -0.39 is 15.6 Å². The van der Waals surface area contributed by atoms with Crippen LogP contribution in [0.25, 0.3) is 11.0 Å². The molecular weight excluding hydrogens is 614 g/mol. The molecule has 0 spiro atoms. The zero-order valence-corrected chi connectivity index (χ0v) is 28.4. The van der Waals surface area contributed by atoms with E-state index in [1.54, 1.807) is 36.5 Å². The minimum absolute atomic E-state index is 0.172. The number of para-hydroxylation sites is 1. The molecule has 0 radical (unpaired) electrons. The summed E-state index contributed by atoms with van der Waals surface area (Å²) in [6.45, 7) is 13.1. The Morgan fingerprint density at radius 3 is 2.62 bits per heavy atom. The summed E-state index contributed by atoms with van der Waals surface area (Å²) < 4.78 is 37.6. The zero-order chi connectivity index (χ0) is 33.5. The summed E-state index contributed by atoms with van der Waals surface area (Å²) >= 11 is 0. The first-order valence-corrected chi connectivity index (χ1v) is 17.4. The molecule has 2 atom stereocenters. The second-order valence-electron chi connectivity index (χ2n) is 12.7. The molecule has 5 aromatic rings. The molecule has 1 aliphatic rings. The molecule has 2 N–H and O–H groups in total. The van der Waals surface area contributed by atoms with Gasteiger partial charge in [-0.1, -0.05) is 48.5 Å². The molecule has 12 heteroatoms. The fourth-order valence-corrected chi connectivity index (χ4v) is 8.14. The van der Waals surface area contributed by atoms with Gasteiger partial charge in [-0.2, -0.15) is 9.40 Å². The molecule has 246 valence electrons. The first-order chi connectivity index (χ1) is 22.4. The van der Waals surface area contributed by atoms with Crippen molar-refractivity contribution in [3.05, 3.63) is 100 Å². The number of nitrogens with zero attached hydrogens (tertiary/aromatic N) is 5. The first-order valence-electron chi connectivity index (χ1n) is 15.9. The van der Waals surface area contributed by atoms with Crippen LogP contribution in [0, 0.1) is 13.8 Å². The van der Waals surface area contributed by atoms with Crippen LogP contribution in [0.15, 0.2) is 71.8 Å². The van der Waals surface area contributed by atoms with Crippen molar-refractivity contribution in [1.82, 2.24) is 34.8 Å². The van der Waals surface area contributed by atoms with Crippen molar-refractivity contribution >= 4 is 27.0 Å². The van der Waals surface area contributed by atoms with Gasteiger partial charge in [0.1, 0.15) is 28.0 Å². The highest BCUT2D eigenvalue weighted by molar-refractivity contribution is 7.89. The van der Waals surface area contributed by atoms with E-state index in [0.717, 1.165) is 38.9 Å². The van der Waals surface area contributed by atoms with Gasteiger partial charge in [0.2, 0.25) is 10.0 Å². The lowest BCUT2D eigenvalue weighted by Gasteiger charge is -2.37. The van der Waals surface area contributed by atoms with E-state index in [2.05, 4.69) is 44.0 Å². The fraction of sp³-hybridized carbons (Fsp3) is 0.371. The third-order valence-electron chi connectivity index (χ3n) is 9.16. The Morgan fingerprint density at radius 1 is 1.11 bits per heavy atom. The van der Waals surface area contributed by atoms with Gasteiger partial charge in [-0.3, -0.25) is 9.89 Å². The molecule has 2 aromatic heterocycles. The Labute approximate surface area is 275 Å². The monoisotopic (exact) mass is 655 g/mol. The van der Waals surface area contributed by atoms with Crippen LogP contribution in [0.5, 0.6) is 5.75 Å². The number of rotatable bonds is 9. The first kappa shape index (κ1) is 32.4. The van der Waals surface area contributed by atoms with Gasteiger partial charge < -0.3 is 10.1 Å². The highest BCUT2D eigenvalue weighted by Crippen LogP contribution is 2.40. The molecule has 0 aliphatic carbocycles. The number of carbonyl (C=O) groups is 1. The van der Waals surface area contributed by atoms with Gasteiger partial charge in [-0.25, -0.2) is 13.1 Å². The third kappa shape index (κ3) is 6.03. The summed E-state index contributed by atoms with van der Waals surface area (Å²) in [7, 11) is -3.84. The average molecular weight is 656 g/mol. The second kappa shape index (κ2) is 12.6. The van der Waals surface area contributed by atoms with Crippen LogP contribution in [0.4, 0.5) is 0 Å².